The molecule has 1 aromatic heterocycles. The standard InChI is InChI=1S/C25H24N2O5.C22H26O3.C20H23N5O/c1-15(2)23(30)12-16-10-18(26-24(31)17-6-5-7-20(28)13-17)14-19(11-16)27-25(32)21-8-3-4-9-22(21)29;1-15(2)11-19(21(24)13-17-8-6-7-16(3)12-17)22(25)14-18-9-4-5-10-20(18)23;1-13(2)11-18-23-19(21-15-8-6-7-14(3)12-15)25-20(24-18)22-16-9-4-5-10-17(16)26/h3-11,13-15,28-29H,12H2,1-2H3,(H,26,31)(H,27,32);4-10,12,15,19,23H,11,13-14H2,1-3H3;4-10,12-13,26H,11H2,1-3H3,(H2,21,22,23,24,25). The van der Waals surface area contributed by atoms with E-state index in [2.05, 4.69) is 50.1 Å². The number of amides is 2. The first-order chi connectivity index (χ1) is 39.6. The number of nitrogens with zero attached hydrogens (tertiary/aromatic N) is 3. The Morgan fingerprint density at radius 3 is 1.66 bits per heavy atom. The number of aromatic nitrogens is 3. The van der Waals surface area contributed by atoms with Gasteiger partial charge in [0.05, 0.1) is 17.2 Å². The van der Waals surface area contributed by atoms with Crippen LogP contribution in [-0.4, -0.2) is 64.5 Å². The lowest BCUT2D eigenvalue weighted by Crippen LogP contribution is -2.28. The second-order valence-electron chi connectivity index (χ2n) is 21.4. The number of ketones is 3. The van der Waals surface area contributed by atoms with Crippen molar-refractivity contribution in [3.8, 4) is 23.0 Å². The number of Topliss-reactive ketones (excluding diaryl/α,β-unsaturated/α-hetero) is 3. The van der Waals surface area contributed by atoms with Crippen molar-refractivity contribution in [2.45, 2.75) is 87.5 Å². The highest BCUT2D eigenvalue weighted by Crippen LogP contribution is 2.28. The first-order valence-electron chi connectivity index (χ1n) is 27.5. The molecule has 0 aliphatic heterocycles. The second-order valence-corrected chi connectivity index (χ2v) is 21.4. The highest BCUT2D eigenvalue weighted by molar-refractivity contribution is 6.08. The Labute approximate surface area is 485 Å². The van der Waals surface area contributed by atoms with Crippen LogP contribution in [0.2, 0.25) is 0 Å². The number of benzene rings is 7. The molecule has 0 saturated heterocycles. The third-order valence-electron chi connectivity index (χ3n) is 12.8. The molecule has 0 fully saturated rings. The number of hydrogen-bond donors (Lipinski definition) is 8. The summed E-state index contributed by atoms with van der Waals surface area (Å²) in [6.45, 7) is 15.9. The van der Waals surface area contributed by atoms with Crippen LogP contribution in [-0.2, 0) is 40.1 Å². The highest BCUT2D eigenvalue weighted by Gasteiger charge is 2.28. The van der Waals surface area contributed by atoms with Gasteiger partial charge in [0.2, 0.25) is 11.9 Å². The van der Waals surface area contributed by atoms with Gasteiger partial charge in [0.15, 0.2) is 0 Å². The molecule has 0 saturated carbocycles. The summed E-state index contributed by atoms with van der Waals surface area (Å²) in [5, 5.41) is 51.1. The first-order valence-corrected chi connectivity index (χ1v) is 27.5. The van der Waals surface area contributed by atoms with Gasteiger partial charge in [0, 0.05) is 59.8 Å². The number of phenolic OH excluding ortho intramolecular Hbond substituents is 4. The number of aryl methyl sites for hydroxylation is 2. The topological polar surface area (TPSA) is 253 Å². The molecule has 0 spiro atoms. The molecule has 430 valence electrons. The molecule has 0 aliphatic carbocycles. The number of carbonyl (C=O) groups is 5. The predicted octanol–water partition coefficient (Wildman–Crippen LogP) is 13.2. The van der Waals surface area contributed by atoms with Gasteiger partial charge < -0.3 is 41.7 Å². The molecule has 8 N–H and O–H groups in total. The zero-order chi connectivity index (χ0) is 60.2. The van der Waals surface area contributed by atoms with Crippen LogP contribution in [0.3, 0.4) is 0 Å². The Morgan fingerprint density at radius 2 is 1.05 bits per heavy atom. The van der Waals surface area contributed by atoms with E-state index in [1.54, 1.807) is 98.8 Å². The fourth-order valence-corrected chi connectivity index (χ4v) is 8.63. The number of phenols is 4. The fraction of sp³-hybridized carbons (Fsp3) is 0.254. The molecule has 2 amide bonds. The minimum Gasteiger partial charge on any atom is -0.508 e. The van der Waals surface area contributed by atoms with Crippen LogP contribution < -0.4 is 21.3 Å². The lowest BCUT2D eigenvalue weighted by atomic mass is 9.84. The second kappa shape index (κ2) is 30.2. The van der Waals surface area contributed by atoms with Crippen LogP contribution in [0.25, 0.3) is 0 Å². The predicted molar refractivity (Wildman–Crippen MR) is 326 cm³/mol. The van der Waals surface area contributed by atoms with Crippen molar-refractivity contribution in [1.29, 1.82) is 0 Å². The van der Waals surface area contributed by atoms with Crippen molar-refractivity contribution in [3.05, 3.63) is 209 Å². The quantitative estimate of drug-likeness (QED) is 0.0246. The van der Waals surface area contributed by atoms with Gasteiger partial charge in [-0.25, -0.2) is 0 Å². The van der Waals surface area contributed by atoms with Crippen molar-refractivity contribution in [1.82, 2.24) is 15.0 Å². The van der Waals surface area contributed by atoms with E-state index in [1.165, 1.54) is 24.3 Å². The van der Waals surface area contributed by atoms with Crippen molar-refractivity contribution in [3.63, 3.8) is 0 Å². The molecule has 0 aliphatic rings. The van der Waals surface area contributed by atoms with Crippen LogP contribution >= 0.6 is 0 Å². The molecule has 1 unspecified atom stereocenters. The summed E-state index contributed by atoms with van der Waals surface area (Å²) in [7, 11) is 0. The molecule has 16 nitrogen and oxygen atoms in total. The van der Waals surface area contributed by atoms with E-state index in [9.17, 15) is 44.4 Å². The smallest absolute Gasteiger partial charge is 0.259 e. The Hall–Kier alpha value is -9.70. The van der Waals surface area contributed by atoms with Gasteiger partial charge in [-0.05, 0) is 128 Å². The monoisotopic (exact) mass is 1120 g/mol. The zero-order valence-corrected chi connectivity index (χ0v) is 48.1. The van der Waals surface area contributed by atoms with E-state index in [0.717, 1.165) is 28.8 Å². The van der Waals surface area contributed by atoms with Crippen molar-refractivity contribution in [2.75, 3.05) is 21.3 Å². The summed E-state index contributed by atoms with van der Waals surface area (Å²) in [6, 6.07) is 46.6. The Balaban J connectivity index is 0.000000202. The maximum absolute atomic E-state index is 12.8. The molecule has 8 rings (SSSR count). The normalized spacial score (nSPS) is 11.1. The van der Waals surface area contributed by atoms with Crippen molar-refractivity contribution in [2.24, 2.45) is 23.7 Å². The van der Waals surface area contributed by atoms with Gasteiger partial charge in [-0.3, -0.25) is 24.0 Å². The SMILES string of the molecule is CC(C)C(=O)Cc1cc(NC(=O)c2cccc(O)c2)cc(NC(=O)c2ccccc2O)c1.Cc1cccc(CC(=O)C(CC(C)C)C(=O)Cc2ccccc2O)c1.Cc1cccc(Nc2nc(CC(C)C)nc(Nc3ccccc3O)n2)c1. The van der Waals surface area contributed by atoms with E-state index < -0.39 is 17.7 Å². The van der Waals surface area contributed by atoms with Crippen LogP contribution in [0.1, 0.15) is 102 Å². The molecule has 8 aromatic rings. The fourth-order valence-electron chi connectivity index (χ4n) is 8.63. The minimum absolute atomic E-state index is 0.0134. The molecule has 83 heavy (non-hydrogen) atoms. The summed E-state index contributed by atoms with van der Waals surface area (Å²) in [5.41, 5.74) is 6.94. The maximum Gasteiger partial charge on any atom is 0.259 e. The molecule has 0 bridgehead atoms. The number of para-hydroxylation sites is 4. The first kappa shape index (κ1) is 62.5. The molecule has 7 aromatic carbocycles. The van der Waals surface area contributed by atoms with E-state index >= 15 is 0 Å². The zero-order valence-electron chi connectivity index (χ0n) is 48.1. The van der Waals surface area contributed by atoms with Crippen LogP contribution in [0.15, 0.2) is 164 Å². The highest BCUT2D eigenvalue weighted by atomic mass is 16.3. The van der Waals surface area contributed by atoms with Gasteiger partial charge in [0.25, 0.3) is 11.8 Å². The molecule has 16 heteroatoms. The van der Waals surface area contributed by atoms with E-state index in [4.69, 9.17) is 0 Å². The molecular weight excluding hydrogens is 1050 g/mol. The van der Waals surface area contributed by atoms with Gasteiger partial charge in [-0.1, -0.05) is 132 Å². The van der Waals surface area contributed by atoms with E-state index in [-0.39, 0.29) is 82.6 Å². The number of nitrogens with one attached hydrogen (secondary N) is 4. The van der Waals surface area contributed by atoms with E-state index in [1.807, 2.05) is 82.3 Å². The third-order valence-corrected chi connectivity index (χ3v) is 12.8. The summed E-state index contributed by atoms with van der Waals surface area (Å²) in [4.78, 5) is 76.5. The maximum atomic E-state index is 12.8. The number of rotatable bonds is 21. The van der Waals surface area contributed by atoms with Crippen LogP contribution in [0.5, 0.6) is 23.0 Å². The summed E-state index contributed by atoms with van der Waals surface area (Å²) >= 11 is 0. The lowest BCUT2D eigenvalue weighted by molar-refractivity contribution is -0.132. The summed E-state index contributed by atoms with van der Waals surface area (Å²) < 4.78 is 0. The number of aromatic hydroxyl groups is 4. The average molecular weight is 1120 g/mol. The van der Waals surface area contributed by atoms with Gasteiger partial charge >= 0.3 is 0 Å². The Morgan fingerprint density at radius 1 is 0.470 bits per heavy atom. The van der Waals surface area contributed by atoms with Crippen LogP contribution in [0.4, 0.5) is 34.6 Å². The number of carbonyl (C=O) groups excluding carboxylic acids is 5. The number of hydrogen-bond acceptors (Lipinski definition) is 14. The van der Waals surface area contributed by atoms with Crippen molar-refractivity contribution < 1.29 is 44.4 Å². The largest absolute Gasteiger partial charge is 0.508 e. The molecular formula is C67H73N7O9. The number of anilines is 6. The van der Waals surface area contributed by atoms with Gasteiger partial charge in [-0.2, -0.15) is 15.0 Å². The minimum atomic E-state index is -0.625. The Kier molecular flexibility index (Phi) is 22.7. The van der Waals surface area contributed by atoms with Gasteiger partial charge in [-0.15, -0.1) is 0 Å². The summed E-state index contributed by atoms with van der Waals surface area (Å²) in [5.74, 6) is 0.366. The average Bonchev–Trinajstić information content (AvgIpc) is 3.63. The Bertz CT molecular complexity index is 3540. The third kappa shape index (κ3) is 20.1. The van der Waals surface area contributed by atoms with Crippen molar-refractivity contribution >= 4 is 63.8 Å². The van der Waals surface area contributed by atoms with Gasteiger partial charge in [0.1, 0.15) is 46.2 Å². The molecule has 1 atom stereocenters. The lowest BCUT2D eigenvalue weighted by Gasteiger charge is -2.17. The van der Waals surface area contributed by atoms with E-state index in [0.29, 0.717) is 58.2 Å². The summed E-state index contributed by atoms with van der Waals surface area (Å²) in [6.07, 6.45) is 1.76. The molecule has 1 heterocycles. The van der Waals surface area contributed by atoms with Crippen LogP contribution in [0, 0.1) is 37.5 Å². The molecule has 0 radical (unpaired) electrons.